The highest BCUT2D eigenvalue weighted by Gasteiger charge is 2.25. The number of anilines is 2. The second-order valence-corrected chi connectivity index (χ2v) is 8.20. The van der Waals surface area contributed by atoms with Gasteiger partial charge in [0.2, 0.25) is 12.0 Å². The summed E-state index contributed by atoms with van der Waals surface area (Å²) in [5.74, 6) is -1.14. The van der Waals surface area contributed by atoms with E-state index in [2.05, 4.69) is 38.1 Å². The first-order chi connectivity index (χ1) is 14.2. The predicted molar refractivity (Wildman–Crippen MR) is 113 cm³/mol. The Labute approximate surface area is 180 Å². The van der Waals surface area contributed by atoms with Crippen LogP contribution in [0.4, 0.5) is 24.5 Å². The fourth-order valence-electron chi connectivity index (χ4n) is 3.42. The van der Waals surface area contributed by atoms with Gasteiger partial charge in [-0.3, -0.25) is 9.59 Å². The number of carbonyl (C=O) groups is 1. The third-order valence-electron chi connectivity index (χ3n) is 5.22. The molecule has 1 fully saturated rings. The van der Waals surface area contributed by atoms with Crippen molar-refractivity contribution >= 4 is 33.2 Å². The molecule has 0 radical (unpaired) electrons. The minimum Gasteiger partial charge on any atom is -0.367 e. The van der Waals surface area contributed by atoms with Crippen molar-refractivity contribution < 1.29 is 18.0 Å². The first-order valence-corrected chi connectivity index (χ1v) is 10.2. The number of alkyl halides is 2. The first kappa shape index (κ1) is 22.4. The molecule has 0 bridgehead atoms. The Bertz CT molecular complexity index is 999. The van der Waals surface area contributed by atoms with E-state index >= 15 is 0 Å². The SMILES string of the molecule is C[C@H]1CN(c2cc(F)c(Br)cc2NC(=O)c2c[nH]c(=O)cc2CC(F)F)CCN1C. The van der Waals surface area contributed by atoms with Crippen LogP contribution < -0.4 is 15.8 Å². The zero-order valence-electron chi connectivity index (χ0n) is 16.5. The van der Waals surface area contributed by atoms with Gasteiger partial charge in [-0.25, -0.2) is 13.2 Å². The molecule has 1 aliphatic heterocycles. The Hall–Kier alpha value is -2.33. The molecule has 1 atom stereocenters. The molecule has 2 aromatic rings. The molecule has 10 heteroatoms. The predicted octanol–water partition coefficient (Wildman–Crippen LogP) is 3.48. The summed E-state index contributed by atoms with van der Waals surface area (Å²) in [5, 5.41) is 2.69. The van der Waals surface area contributed by atoms with Crippen LogP contribution >= 0.6 is 15.9 Å². The van der Waals surface area contributed by atoms with Crippen molar-refractivity contribution in [2.24, 2.45) is 0 Å². The van der Waals surface area contributed by atoms with Crippen LogP contribution in [0.5, 0.6) is 0 Å². The van der Waals surface area contributed by atoms with Gasteiger partial charge in [-0.1, -0.05) is 0 Å². The minimum atomic E-state index is -2.71. The van der Waals surface area contributed by atoms with Crippen LogP contribution in [0.3, 0.4) is 0 Å². The third kappa shape index (κ3) is 5.04. The van der Waals surface area contributed by atoms with Crippen LogP contribution in [-0.2, 0) is 6.42 Å². The van der Waals surface area contributed by atoms with Crippen molar-refractivity contribution in [3.8, 4) is 0 Å². The summed E-state index contributed by atoms with van der Waals surface area (Å²) in [6.45, 7) is 4.09. The lowest BCUT2D eigenvalue weighted by Crippen LogP contribution is -2.50. The zero-order valence-corrected chi connectivity index (χ0v) is 18.1. The molecule has 6 nitrogen and oxygen atoms in total. The molecule has 1 amide bonds. The van der Waals surface area contributed by atoms with Gasteiger partial charge in [-0.15, -0.1) is 0 Å². The maximum absolute atomic E-state index is 14.3. The number of piperazine rings is 1. The number of benzene rings is 1. The van der Waals surface area contributed by atoms with Crippen LogP contribution in [0.2, 0.25) is 0 Å². The highest BCUT2D eigenvalue weighted by molar-refractivity contribution is 9.10. The van der Waals surface area contributed by atoms with Crippen molar-refractivity contribution in [3.05, 3.63) is 56.2 Å². The summed E-state index contributed by atoms with van der Waals surface area (Å²) < 4.78 is 40.2. The third-order valence-corrected chi connectivity index (χ3v) is 5.82. The number of pyridine rings is 1. The summed E-state index contributed by atoms with van der Waals surface area (Å²) in [6.07, 6.45) is -2.31. The number of H-pyrrole nitrogens is 1. The van der Waals surface area contributed by atoms with E-state index in [9.17, 15) is 22.8 Å². The van der Waals surface area contributed by atoms with Crippen LogP contribution in [0.15, 0.2) is 33.7 Å². The largest absolute Gasteiger partial charge is 0.367 e. The van der Waals surface area contributed by atoms with Crippen molar-refractivity contribution in [1.29, 1.82) is 0 Å². The Morgan fingerprint density at radius 2 is 2.07 bits per heavy atom. The van der Waals surface area contributed by atoms with Gasteiger partial charge in [0.1, 0.15) is 5.82 Å². The Balaban J connectivity index is 1.94. The van der Waals surface area contributed by atoms with Crippen LogP contribution in [0.1, 0.15) is 22.8 Å². The van der Waals surface area contributed by atoms with Gasteiger partial charge < -0.3 is 20.1 Å². The van der Waals surface area contributed by atoms with Crippen LogP contribution in [0, 0.1) is 5.82 Å². The van der Waals surface area contributed by atoms with Crippen molar-refractivity contribution in [1.82, 2.24) is 9.88 Å². The smallest absolute Gasteiger partial charge is 0.257 e. The molecule has 2 N–H and O–H groups in total. The number of amides is 1. The maximum Gasteiger partial charge on any atom is 0.257 e. The first-order valence-electron chi connectivity index (χ1n) is 9.41. The lowest BCUT2D eigenvalue weighted by Gasteiger charge is -2.39. The fraction of sp³-hybridized carbons (Fsp3) is 0.400. The topological polar surface area (TPSA) is 68.4 Å². The molecule has 2 heterocycles. The number of hydrogen-bond donors (Lipinski definition) is 2. The molecule has 0 unspecified atom stereocenters. The summed E-state index contributed by atoms with van der Waals surface area (Å²) in [5.41, 5.74) is 0.164. The molecular formula is C20H22BrF3N4O2. The van der Waals surface area contributed by atoms with Crippen LogP contribution in [-0.4, -0.2) is 54.9 Å². The molecule has 0 saturated carbocycles. The quantitative estimate of drug-likeness (QED) is 0.678. The minimum absolute atomic E-state index is 0.0535. The van der Waals surface area contributed by atoms with E-state index in [1.165, 1.54) is 12.1 Å². The van der Waals surface area contributed by atoms with Gasteiger partial charge in [0, 0.05) is 50.4 Å². The Kier molecular flexibility index (Phi) is 6.87. The lowest BCUT2D eigenvalue weighted by molar-refractivity contribution is 0.102. The van der Waals surface area contributed by atoms with Gasteiger partial charge in [0.15, 0.2) is 0 Å². The standard InChI is InChI=1S/C20H22BrF3N4O2/c1-11-10-28(4-3-27(11)2)17-8-15(22)14(21)7-16(17)26-20(30)13-9-25-19(29)6-12(13)5-18(23)24/h6-9,11,18H,3-5,10H2,1-2H3,(H,25,29)(H,26,30)/t11-/m0/s1. The monoisotopic (exact) mass is 486 g/mol. The van der Waals surface area contributed by atoms with E-state index in [0.717, 1.165) is 18.8 Å². The molecule has 30 heavy (non-hydrogen) atoms. The van der Waals surface area contributed by atoms with Crippen molar-refractivity contribution in [2.45, 2.75) is 25.8 Å². The second kappa shape index (κ2) is 9.22. The molecule has 162 valence electrons. The van der Waals surface area contributed by atoms with Gasteiger partial charge in [0.05, 0.1) is 21.4 Å². The number of nitrogens with one attached hydrogen (secondary N) is 2. The number of rotatable bonds is 5. The highest BCUT2D eigenvalue weighted by Crippen LogP contribution is 2.33. The number of halogens is 4. The van der Waals surface area contributed by atoms with Crippen LogP contribution in [0.25, 0.3) is 0 Å². The molecule has 1 aliphatic rings. The summed E-state index contributed by atoms with van der Waals surface area (Å²) in [4.78, 5) is 30.9. The van der Waals surface area contributed by atoms with E-state index in [-0.39, 0.29) is 21.6 Å². The average molecular weight is 487 g/mol. The normalized spacial score (nSPS) is 17.4. The summed E-state index contributed by atoms with van der Waals surface area (Å²) in [7, 11) is 2.01. The van der Waals surface area contributed by atoms with E-state index < -0.39 is 30.1 Å². The van der Waals surface area contributed by atoms with E-state index in [1.807, 2.05) is 11.9 Å². The molecule has 1 aromatic carbocycles. The Morgan fingerprint density at radius 3 is 2.73 bits per heavy atom. The zero-order chi connectivity index (χ0) is 22.0. The molecule has 0 spiro atoms. The molecule has 1 aromatic heterocycles. The Morgan fingerprint density at radius 1 is 1.33 bits per heavy atom. The molecular weight excluding hydrogens is 465 g/mol. The van der Waals surface area contributed by atoms with Gasteiger partial charge in [-0.05, 0) is 41.5 Å². The number of aromatic nitrogens is 1. The van der Waals surface area contributed by atoms with Gasteiger partial charge in [-0.2, -0.15) is 0 Å². The van der Waals surface area contributed by atoms with Gasteiger partial charge in [0.25, 0.3) is 5.91 Å². The maximum atomic E-state index is 14.3. The van der Waals surface area contributed by atoms with Crippen molar-refractivity contribution in [3.63, 3.8) is 0 Å². The molecule has 0 aliphatic carbocycles. The molecule has 3 rings (SSSR count). The number of carbonyl (C=O) groups excluding carboxylic acids is 1. The number of hydrogen-bond acceptors (Lipinski definition) is 4. The number of likely N-dealkylation sites (N-methyl/N-ethyl adjacent to an activating group) is 1. The van der Waals surface area contributed by atoms with Crippen molar-refractivity contribution in [2.75, 3.05) is 36.9 Å². The fourth-order valence-corrected chi connectivity index (χ4v) is 3.76. The van der Waals surface area contributed by atoms with Gasteiger partial charge >= 0.3 is 0 Å². The second-order valence-electron chi connectivity index (χ2n) is 7.34. The van der Waals surface area contributed by atoms with E-state index in [0.29, 0.717) is 24.5 Å². The number of aromatic amines is 1. The molecule has 1 saturated heterocycles. The summed E-state index contributed by atoms with van der Waals surface area (Å²) in [6, 6.07) is 4.00. The summed E-state index contributed by atoms with van der Waals surface area (Å²) >= 11 is 3.13. The number of nitrogens with zero attached hydrogens (tertiary/aromatic N) is 2. The average Bonchev–Trinajstić information content (AvgIpc) is 2.66. The van der Waals surface area contributed by atoms with E-state index in [1.54, 1.807) is 0 Å². The highest BCUT2D eigenvalue weighted by atomic mass is 79.9. The lowest BCUT2D eigenvalue weighted by atomic mass is 10.1. The van der Waals surface area contributed by atoms with E-state index in [4.69, 9.17) is 0 Å².